The summed E-state index contributed by atoms with van der Waals surface area (Å²) in [5.41, 5.74) is 7.43. The van der Waals surface area contributed by atoms with Crippen LogP contribution in [-0.2, 0) is 0 Å². The van der Waals surface area contributed by atoms with Gasteiger partial charge in [0.1, 0.15) is 22.9 Å². The maximum atomic E-state index is 5.97. The van der Waals surface area contributed by atoms with Gasteiger partial charge in [-0.25, -0.2) is 0 Å². The molecule has 23 heavy (non-hydrogen) atoms. The number of fused-ring (bicyclic) bond motifs is 1. The van der Waals surface area contributed by atoms with Crippen LogP contribution in [0.1, 0.15) is 0 Å². The first-order chi connectivity index (χ1) is 11.2. The van der Waals surface area contributed by atoms with Crippen molar-refractivity contribution in [1.29, 1.82) is 0 Å². The van der Waals surface area contributed by atoms with Crippen LogP contribution in [0.25, 0.3) is 22.0 Å². The van der Waals surface area contributed by atoms with Crippen LogP contribution < -0.4 is 19.9 Å². The van der Waals surface area contributed by atoms with Crippen molar-refractivity contribution in [2.45, 2.75) is 0 Å². The Kier molecular flexibility index (Phi) is 3.89. The van der Waals surface area contributed by atoms with Crippen LogP contribution in [0.5, 0.6) is 17.2 Å². The number of anilines is 1. The standard InChI is InChI=1S/C17H17N3O3/c1-21-10-4-6-12-13(8-10)17(18)20-19-16(12)14-9-11(22-2)5-7-15(14)23-3/h4-9H,1-3H3,(H2,18,20). The number of ether oxygens (including phenoxy) is 3. The monoisotopic (exact) mass is 311 g/mol. The summed E-state index contributed by atoms with van der Waals surface area (Å²) in [6.45, 7) is 0. The number of nitrogen functional groups attached to an aromatic ring is 1. The fraction of sp³-hybridized carbons (Fsp3) is 0.176. The summed E-state index contributed by atoms with van der Waals surface area (Å²) in [6, 6.07) is 11.1. The molecule has 0 unspecified atom stereocenters. The Hall–Kier alpha value is -3.02. The van der Waals surface area contributed by atoms with Crippen LogP contribution in [0, 0.1) is 0 Å². The predicted molar refractivity (Wildman–Crippen MR) is 89.0 cm³/mol. The van der Waals surface area contributed by atoms with Crippen LogP contribution in [-0.4, -0.2) is 31.5 Å². The maximum Gasteiger partial charge on any atom is 0.154 e. The van der Waals surface area contributed by atoms with Crippen molar-refractivity contribution in [1.82, 2.24) is 10.2 Å². The molecule has 6 heteroatoms. The highest BCUT2D eigenvalue weighted by Gasteiger charge is 2.15. The topological polar surface area (TPSA) is 79.5 Å². The minimum absolute atomic E-state index is 0.351. The second-order valence-electron chi connectivity index (χ2n) is 4.91. The van der Waals surface area contributed by atoms with E-state index < -0.39 is 0 Å². The van der Waals surface area contributed by atoms with Crippen LogP contribution in [0.2, 0.25) is 0 Å². The van der Waals surface area contributed by atoms with E-state index in [4.69, 9.17) is 19.9 Å². The minimum Gasteiger partial charge on any atom is -0.497 e. The second kappa shape index (κ2) is 6.00. The molecular formula is C17H17N3O3. The van der Waals surface area contributed by atoms with Crippen LogP contribution in [0.4, 0.5) is 5.82 Å². The molecule has 0 atom stereocenters. The fourth-order valence-electron chi connectivity index (χ4n) is 2.48. The largest absolute Gasteiger partial charge is 0.497 e. The molecule has 3 aromatic rings. The van der Waals surface area contributed by atoms with Gasteiger partial charge in [-0.1, -0.05) is 0 Å². The predicted octanol–water partition coefficient (Wildman–Crippen LogP) is 2.90. The average Bonchev–Trinajstić information content (AvgIpc) is 2.61. The first kappa shape index (κ1) is 14.9. The van der Waals surface area contributed by atoms with Gasteiger partial charge in [0.2, 0.25) is 0 Å². The maximum absolute atomic E-state index is 5.97. The van der Waals surface area contributed by atoms with Crippen molar-refractivity contribution in [3.05, 3.63) is 36.4 Å². The zero-order valence-electron chi connectivity index (χ0n) is 13.2. The number of rotatable bonds is 4. The SMILES string of the molecule is COc1ccc(OC)c(-c2nnc(N)c3cc(OC)ccc23)c1. The normalized spacial score (nSPS) is 10.6. The second-order valence-corrected chi connectivity index (χ2v) is 4.91. The van der Waals surface area contributed by atoms with Gasteiger partial charge in [0.25, 0.3) is 0 Å². The van der Waals surface area contributed by atoms with Gasteiger partial charge in [-0.15, -0.1) is 10.2 Å². The van der Waals surface area contributed by atoms with Crippen LogP contribution in [0.3, 0.4) is 0 Å². The minimum atomic E-state index is 0.351. The van der Waals surface area contributed by atoms with Crippen molar-refractivity contribution >= 4 is 16.6 Å². The van der Waals surface area contributed by atoms with Crippen molar-refractivity contribution in [3.63, 3.8) is 0 Å². The Labute approximate surface area is 133 Å². The molecule has 2 N–H and O–H groups in total. The zero-order chi connectivity index (χ0) is 16.4. The highest BCUT2D eigenvalue weighted by molar-refractivity contribution is 6.01. The Morgan fingerprint density at radius 1 is 0.783 bits per heavy atom. The van der Waals surface area contributed by atoms with E-state index in [2.05, 4.69) is 10.2 Å². The number of methoxy groups -OCH3 is 3. The molecule has 6 nitrogen and oxygen atoms in total. The first-order valence-electron chi connectivity index (χ1n) is 7.00. The van der Waals surface area contributed by atoms with Gasteiger partial charge in [0.05, 0.1) is 21.3 Å². The van der Waals surface area contributed by atoms with Crippen LogP contribution in [0.15, 0.2) is 36.4 Å². The molecule has 3 rings (SSSR count). The van der Waals surface area contributed by atoms with Crippen LogP contribution >= 0.6 is 0 Å². The number of nitrogens with two attached hydrogens (primary N) is 1. The number of aromatic nitrogens is 2. The molecule has 0 bridgehead atoms. The molecule has 0 fully saturated rings. The molecule has 0 amide bonds. The van der Waals surface area contributed by atoms with Crippen molar-refractivity contribution in [3.8, 4) is 28.5 Å². The Bertz CT molecular complexity index is 865. The third-order valence-electron chi connectivity index (χ3n) is 3.68. The fourth-order valence-corrected chi connectivity index (χ4v) is 2.48. The molecular weight excluding hydrogens is 294 g/mol. The summed E-state index contributed by atoms with van der Waals surface area (Å²) < 4.78 is 16.0. The van der Waals surface area contributed by atoms with Crippen molar-refractivity contribution < 1.29 is 14.2 Å². The summed E-state index contributed by atoms with van der Waals surface area (Å²) in [4.78, 5) is 0. The van der Waals surface area contributed by atoms with Gasteiger partial charge >= 0.3 is 0 Å². The van der Waals surface area contributed by atoms with Crippen molar-refractivity contribution in [2.75, 3.05) is 27.1 Å². The van der Waals surface area contributed by atoms with E-state index in [1.807, 2.05) is 36.4 Å². The zero-order valence-corrected chi connectivity index (χ0v) is 13.2. The molecule has 118 valence electrons. The lowest BCUT2D eigenvalue weighted by Gasteiger charge is -2.12. The smallest absolute Gasteiger partial charge is 0.154 e. The summed E-state index contributed by atoms with van der Waals surface area (Å²) in [5.74, 6) is 2.45. The van der Waals surface area contributed by atoms with E-state index >= 15 is 0 Å². The van der Waals surface area contributed by atoms with Gasteiger partial charge in [-0.2, -0.15) is 0 Å². The van der Waals surface area contributed by atoms with E-state index in [0.29, 0.717) is 28.8 Å². The van der Waals surface area contributed by atoms with E-state index in [1.165, 1.54) is 0 Å². The lowest BCUT2D eigenvalue weighted by molar-refractivity contribution is 0.404. The highest BCUT2D eigenvalue weighted by Crippen LogP contribution is 2.37. The Morgan fingerprint density at radius 3 is 2.17 bits per heavy atom. The molecule has 2 aromatic carbocycles. The molecule has 1 aromatic heterocycles. The van der Waals surface area contributed by atoms with Gasteiger partial charge in [0, 0.05) is 16.3 Å². The van der Waals surface area contributed by atoms with E-state index in [1.54, 1.807) is 21.3 Å². The summed E-state index contributed by atoms with van der Waals surface area (Å²) in [5, 5.41) is 9.97. The van der Waals surface area contributed by atoms with Gasteiger partial charge < -0.3 is 19.9 Å². The highest BCUT2D eigenvalue weighted by atomic mass is 16.5. The number of nitrogens with zero attached hydrogens (tertiary/aromatic N) is 2. The molecule has 1 heterocycles. The number of hydrogen-bond acceptors (Lipinski definition) is 6. The quantitative estimate of drug-likeness (QED) is 0.798. The van der Waals surface area contributed by atoms with E-state index in [9.17, 15) is 0 Å². The number of benzene rings is 2. The third kappa shape index (κ3) is 2.59. The summed E-state index contributed by atoms with van der Waals surface area (Å²) in [7, 11) is 4.84. The molecule has 0 saturated carbocycles. The van der Waals surface area contributed by atoms with Gasteiger partial charge in [0.15, 0.2) is 5.82 Å². The lowest BCUT2D eigenvalue weighted by atomic mass is 10.0. The van der Waals surface area contributed by atoms with E-state index in [0.717, 1.165) is 16.3 Å². The van der Waals surface area contributed by atoms with Gasteiger partial charge in [-0.3, -0.25) is 0 Å². The molecule has 0 aliphatic rings. The van der Waals surface area contributed by atoms with Crippen molar-refractivity contribution in [2.24, 2.45) is 0 Å². The summed E-state index contributed by atoms with van der Waals surface area (Å²) in [6.07, 6.45) is 0. The first-order valence-corrected chi connectivity index (χ1v) is 7.00. The Balaban J connectivity index is 2.30. The summed E-state index contributed by atoms with van der Waals surface area (Å²) >= 11 is 0. The third-order valence-corrected chi connectivity index (χ3v) is 3.68. The molecule has 0 aliphatic carbocycles. The Morgan fingerprint density at radius 2 is 1.48 bits per heavy atom. The number of hydrogen-bond donors (Lipinski definition) is 1. The molecule has 0 saturated heterocycles. The average molecular weight is 311 g/mol. The molecule has 0 aliphatic heterocycles. The van der Waals surface area contributed by atoms with E-state index in [-0.39, 0.29) is 0 Å². The lowest BCUT2D eigenvalue weighted by Crippen LogP contribution is -1.99. The molecule has 0 radical (unpaired) electrons. The van der Waals surface area contributed by atoms with Gasteiger partial charge in [-0.05, 0) is 36.4 Å². The molecule has 0 spiro atoms.